The number of nitrogens with one attached hydrogen (secondary N) is 1. The Morgan fingerprint density at radius 2 is 1.78 bits per heavy atom. The molecule has 0 aliphatic heterocycles. The predicted octanol–water partition coefficient (Wildman–Crippen LogP) is 4.53. The second-order valence-electron chi connectivity index (χ2n) is 9.27. The van der Waals surface area contributed by atoms with Gasteiger partial charge in [-0.2, -0.15) is 0 Å². The lowest BCUT2D eigenvalue weighted by atomic mass is 10.1. The lowest BCUT2D eigenvalue weighted by Crippen LogP contribution is -2.53. The Kier molecular flexibility index (Phi) is 9.52. The maximum atomic E-state index is 13.7. The van der Waals surface area contributed by atoms with E-state index in [1.165, 1.54) is 17.0 Å². The fourth-order valence-corrected chi connectivity index (χ4v) is 5.56. The Bertz CT molecular complexity index is 1180. The summed E-state index contributed by atoms with van der Waals surface area (Å²) in [5.74, 6) is -1.18. The van der Waals surface area contributed by atoms with Crippen LogP contribution >= 0.6 is 15.9 Å². The molecule has 1 atom stereocenters. The molecule has 0 unspecified atom stereocenters. The molecule has 36 heavy (non-hydrogen) atoms. The summed E-state index contributed by atoms with van der Waals surface area (Å²) >= 11 is 3.41. The second-order valence-corrected chi connectivity index (χ2v) is 12.0. The van der Waals surface area contributed by atoms with Crippen molar-refractivity contribution >= 4 is 43.5 Å². The summed E-state index contributed by atoms with van der Waals surface area (Å²) in [4.78, 5) is 28.4. The molecule has 0 bridgehead atoms. The fourth-order valence-electron chi connectivity index (χ4n) is 4.47. The number of sulfonamides is 1. The van der Waals surface area contributed by atoms with E-state index in [1.807, 2.05) is 13.8 Å². The quantitative estimate of drug-likeness (QED) is 0.446. The average Bonchev–Trinajstić information content (AvgIpc) is 3.32. The molecule has 1 N–H and O–H groups in total. The zero-order chi connectivity index (χ0) is 26.5. The van der Waals surface area contributed by atoms with Gasteiger partial charge in [-0.05, 0) is 67.6 Å². The summed E-state index contributed by atoms with van der Waals surface area (Å²) in [7, 11) is -3.81. The topological polar surface area (TPSA) is 86.8 Å². The third-order valence-electron chi connectivity index (χ3n) is 6.46. The third-order valence-corrected chi connectivity index (χ3v) is 8.49. The maximum absolute atomic E-state index is 13.7. The number of hydrogen-bond acceptors (Lipinski definition) is 4. The molecule has 2 amide bonds. The lowest BCUT2D eigenvalue weighted by Gasteiger charge is -2.33. The number of halogens is 2. The number of carbonyl (C=O) groups excluding carboxylic acids is 2. The van der Waals surface area contributed by atoms with E-state index in [1.54, 1.807) is 30.3 Å². The summed E-state index contributed by atoms with van der Waals surface area (Å²) in [5.41, 5.74) is 1.82. The molecule has 2 aromatic rings. The Morgan fingerprint density at radius 3 is 2.33 bits per heavy atom. The van der Waals surface area contributed by atoms with Crippen molar-refractivity contribution in [2.75, 3.05) is 17.1 Å². The summed E-state index contributed by atoms with van der Waals surface area (Å²) < 4.78 is 40.8. The van der Waals surface area contributed by atoms with Crippen LogP contribution in [0, 0.1) is 12.7 Å². The van der Waals surface area contributed by atoms with Crippen LogP contribution in [0.15, 0.2) is 46.9 Å². The summed E-state index contributed by atoms with van der Waals surface area (Å²) in [6.45, 7) is 3.23. The minimum atomic E-state index is -3.81. The highest BCUT2D eigenvalue weighted by atomic mass is 79.9. The molecule has 0 aromatic heterocycles. The Labute approximate surface area is 221 Å². The van der Waals surface area contributed by atoms with Gasteiger partial charge in [0.05, 0.1) is 11.9 Å². The number of hydrogen-bond donors (Lipinski definition) is 1. The van der Waals surface area contributed by atoms with Crippen LogP contribution in [0.3, 0.4) is 0 Å². The van der Waals surface area contributed by atoms with Gasteiger partial charge < -0.3 is 10.2 Å². The highest BCUT2D eigenvalue weighted by Gasteiger charge is 2.33. The number of amides is 2. The molecule has 2 aromatic carbocycles. The van der Waals surface area contributed by atoms with Crippen molar-refractivity contribution in [3.8, 4) is 0 Å². The van der Waals surface area contributed by atoms with Crippen LogP contribution < -0.4 is 9.62 Å². The van der Waals surface area contributed by atoms with Gasteiger partial charge in [-0.1, -0.05) is 47.8 Å². The van der Waals surface area contributed by atoms with Crippen LogP contribution in [0.25, 0.3) is 0 Å². The molecule has 1 aliphatic carbocycles. The summed E-state index contributed by atoms with van der Waals surface area (Å²) in [6.07, 6.45) is 5.30. The minimum absolute atomic E-state index is 0.0483. The van der Waals surface area contributed by atoms with E-state index in [2.05, 4.69) is 21.2 Å². The van der Waals surface area contributed by atoms with Gasteiger partial charge in [-0.15, -0.1) is 0 Å². The molecular formula is C26H33BrFN3O4S. The monoisotopic (exact) mass is 581 g/mol. The van der Waals surface area contributed by atoms with E-state index in [9.17, 15) is 22.4 Å². The van der Waals surface area contributed by atoms with Crippen LogP contribution in [0.5, 0.6) is 0 Å². The number of benzene rings is 2. The molecule has 3 rings (SSSR count). The number of rotatable bonds is 10. The van der Waals surface area contributed by atoms with Crippen molar-refractivity contribution in [2.24, 2.45) is 0 Å². The second kappa shape index (κ2) is 12.2. The number of nitrogens with zero attached hydrogens (tertiary/aromatic N) is 2. The van der Waals surface area contributed by atoms with E-state index in [0.717, 1.165) is 46.3 Å². The Balaban J connectivity index is 1.92. The highest BCUT2D eigenvalue weighted by molar-refractivity contribution is 9.10. The third kappa shape index (κ3) is 7.29. The van der Waals surface area contributed by atoms with E-state index in [0.29, 0.717) is 17.7 Å². The normalized spacial score (nSPS) is 14.9. The van der Waals surface area contributed by atoms with E-state index in [4.69, 9.17) is 0 Å². The number of aryl methyl sites for hydroxylation is 1. The summed E-state index contributed by atoms with van der Waals surface area (Å²) in [6, 6.07) is 10.0. The van der Waals surface area contributed by atoms with E-state index < -0.39 is 34.3 Å². The van der Waals surface area contributed by atoms with Crippen LogP contribution in [-0.2, 0) is 26.2 Å². The molecule has 7 nitrogen and oxygen atoms in total. The van der Waals surface area contributed by atoms with Gasteiger partial charge in [0.1, 0.15) is 18.4 Å². The van der Waals surface area contributed by atoms with Gasteiger partial charge in [0.2, 0.25) is 21.8 Å². The Hall–Kier alpha value is -2.46. The number of carbonyl (C=O) groups is 2. The van der Waals surface area contributed by atoms with Gasteiger partial charge in [0.25, 0.3) is 0 Å². The highest BCUT2D eigenvalue weighted by Crippen LogP contribution is 2.25. The first kappa shape index (κ1) is 28.1. The van der Waals surface area contributed by atoms with Gasteiger partial charge in [0.15, 0.2) is 0 Å². The van der Waals surface area contributed by atoms with Crippen molar-refractivity contribution in [1.82, 2.24) is 10.2 Å². The van der Waals surface area contributed by atoms with Gasteiger partial charge in [-0.25, -0.2) is 12.8 Å². The summed E-state index contributed by atoms with van der Waals surface area (Å²) in [5, 5.41) is 3.06. The van der Waals surface area contributed by atoms with Crippen LogP contribution in [-0.4, -0.2) is 50.0 Å². The smallest absolute Gasteiger partial charge is 0.244 e. The molecule has 0 radical (unpaired) electrons. The zero-order valence-electron chi connectivity index (χ0n) is 20.8. The fraction of sp³-hybridized carbons (Fsp3) is 0.462. The van der Waals surface area contributed by atoms with Crippen molar-refractivity contribution in [1.29, 1.82) is 0 Å². The van der Waals surface area contributed by atoms with Crippen molar-refractivity contribution < 1.29 is 22.4 Å². The van der Waals surface area contributed by atoms with Crippen molar-refractivity contribution in [2.45, 2.75) is 64.6 Å². The van der Waals surface area contributed by atoms with Gasteiger partial charge >= 0.3 is 0 Å². The molecular weight excluding hydrogens is 549 g/mol. The predicted molar refractivity (Wildman–Crippen MR) is 142 cm³/mol. The number of anilines is 1. The van der Waals surface area contributed by atoms with E-state index in [-0.39, 0.29) is 18.5 Å². The van der Waals surface area contributed by atoms with Crippen LogP contribution in [0.2, 0.25) is 0 Å². The zero-order valence-corrected chi connectivity index (χ0v) is 23.2. The molecule has 0 heterocycles. The first-order valence-electron chi connectivity index (χ1n) is 12.1. The van der Waals surface area contributed by atoms with Crippen LogP contribution in [0.4, 0.5) is 10.1 Å². The van der Waals surface area contributed by atoms with Crippen molar-refractivity contribution in [3.63, 3.8) is 0 Å². The molecule has 1 saturated carbocycles. The standard InChI is InChI=1S/C26H33BrFN3O4S/c1-4-24(26(33)29-21-7-5-6-8-21)30(16-19-9-11-20(28)12-10-19)25(32)17-31(36(3,34)35)22-13-14-23(27)18(2)15-22/h9-15,21,24H,4-8,16-17H2,1-3H3,(H,29,33)/t24-/m0/s1. The molecule has 0 saturated heterocycles. The molecule has 1 aliphatic rings. The van der Waals surface area contributed by atoms with Gasteiger partial charge in [-0.3, -0.25) is 13.9 Å². The van der Waals surface area contributed by atoms with Crippen LogP contribution in [0.1, 0.15) is 50.2 Å². The largest absolute Gasteiger partial charge is 0.352 e. The van der Waals surface area contributed by atoms with E-state index >= 15 is 0 Å². The average molecular weight is 583 g/mol. The lowest BCUT2D eigenvalue weighted by molar-refractivity contribution is -0.140. The first-order valence-corrected chi connectivity index (χ1v) is 14.7. The molecule has 1 fully saturated rings. The first-order chi connectivity index (χ1) is 17.0. The SMILES string of the molecule is CC[C@@H](C(=O)NC1CCCC1)N(Cc1ccc(F)cc1)C(=O)CN(c1ccc(Br)c(C)c1)S(C)(=O)=O. The maximum Gasteiger partial charge on any atom is 0.244 e. The molecule has 196 valence electrons. The Morgan fingerprint density at radius 1 is 1.14 bits per heavy atom. The van der Waals surface area contributed by atoms with Gasteiger partial charge in [0, 0.05) is 17.1 Å². The minimum Gasteiger partial charge on any atom is -0.352 e. The molecule has 0 spiro atoms. The van der Waals surface area contributed by atoms with Crippen molar-refractivity contribution in [3.05, 3.63) is 63.9 Å². The molecule has 10 heteroatoms.